The SMILES string of the molecule is CN1CCNCC1C1CCOCC1. The second-order valence-electron chi connectivity index (χ2n) is 4.20. The number of likely N-dealkylation sites (N-methyl/N-ethyl adjacent to an activating group) is 1. The predicted molar refractivity (Wildman–Crippen MR) is 52.8 cm³/mol. The van der Waals surface area contributed by atoms with Crippen LogP contribution in [0.15, 0.2) is 0 Å². The molecule has 0 aromatic rings. The van der Waals surface area contributed by atoms with Crippen LogP contribution in [-0.2, 0) is 4.74 Å². The van der Waals surface area contributed by atoms with Crippen LogP contribution < -0.4 is 5.32 Å². The number of piperazine rings is 1. The number of nitrogens with one attached hydrogen (secondary N) is 1. The first-order valence-electron chi connectivity index (χ1n) is 5.36. The molecule has 2 aliphatic rings. The molecule has 1 N–H and O–H groups in total. The lowest BCUT2D eigenvalue weighted by atomic mass is 9.90. The van der Waals surface area contributed by atoms with Gasteiger partial charge in [-0.05, 0) is 25.8 Å². The fourth-order valence-corrected chi connectivity index (χ4v) is 2.45. The van der Waals surface area contributed by atoms with Crippen LogP contribution >= 0.6 is 0 Å². The van der Waals surface area contributed by atoms with Crippen molar-refractivity contribution in [3.8, 4) is 0 Å². The van der Waals surface area contributed by atoms with Crippen molar-refractivity contribution < 1.29 is 4.74 Å². The second-order valence-corrected chi connectivity index (χ2v) is 4.20. The quantitative estimate of drug-likeness (QED) is 0.635. The normalized spacial score (nSPS) is 33.5. The molecule has 1 atom stereocenters. The van der Waals surface area contributed by atoms with Crippen molar-refractivity contribution in [3.05, 3.63) is 0 Å². The van der Waals surface area contributed by atoms with Gasteiger partial charge < -0.3 is 15.0 Å². The molecule has 0 spiro atoms. The average molecular weight is 184 g/mol. The molecule has 76 valence electrons. The summed E-state index contributed by atoms with van der Waals surface area (Å²) in [4.78, 5) is 2.51. The standard InChI is InChI=1S/C10H20N2O/c1-12-5-4-11-8-10(12)9-2-6-13-7-3-9/h9-11H,2-8H2,1H3. The Hall–Kier alpha value is -0.120. The van der Waals surface area contributed by atoms with Gasteiger partial charge in [0.05, 0.1) is 0 Å². The van der Waals surface area contributed by atoms with E-state index in [0.29, 0.717) is 0 Å². The van der Waals surface area contributed by atoms with Gasteiger partial charge in [-0.1, -0.05) is 0 Å². The summed E-state index contributed by atoms with van der Waals surface area (Å²) < 4.78 is 5.39. The Labute approximate surface area is 80.4 Å². The van der Waals surface area contributed by atoms with Gasteiger partial charge in [0.2, 0.25) is 0 Å². The first-order valence-corrected chi connectivity index (χ1v) is 5.36. The molecule has 2 fully saturated rings. The molecule has 13 heavy (non-hydrogen) atoms. The Morgan fingerprint density at radius 3 is 2.77 bits per heavy atom. The summed E-state index contributed by atoms with van der Waals surface area (Å²) in [6, 6.07) is 0.748. The van der Waals surface area contributed by atoms with E-state index >= 15 is 0 Å². The number of nitrogens with zero attached hydrogens (tertiary/aromatic N) is 1. The Kier molecular flexibility index (Phi) is 3.19. The Bertz CT molecular complexity index is 157. The van der Waals surface area contributed by atoms with Gasteiger partial charge in [0.1, 0.15) is 0 Å². The summed E-state index contributed by atoms with van der Waals surface area (Å²) in [6.07, 6.45) is 2.49. The molecule has 1 unspecified atom stereocenters. The van der Waals surface area contributed by atoms with E-state index in [1.165, 1.54) is 25.9 Å². The smallest absolute Gasteiger partial charge is 0.0469 e. The minimum atomic E-state index is 0.748. The van der Waals surface area contributed by atoms with Crippen molar-refractivity contribution in [2.24, 2.45) is 5.92 Å². The number of hydrogen-bond donors (Lipinski definition) is 1. The Balaban J connectivity index is 1.88. The van der Waals surface area contributed by atoms with Gasteiger partial charge in [-0.25, -0.2) is 0 Å². The highest BCUT2D eigenvalue weighted by Gasteiger charge is 2.28. The zero-order chi connectivity index (χ0) is 9.10. The van der Waals surface area contributed by atoms with Crippen molar-refractivity contribution in [1.29, 1.82) is 0 Å². The molecular formula is C10H20N2O. The molecule has 0 aliphatic carbocycles. The van der Waals surface area contributed by atoms with E-state index in [4.69, 9.17) is 4.74 Å². The summed E-state index contributed by atoms with van der Waals surface area (Å²) in [5.74, 6) is 0.853. The molecule has 0 aromatic carbocycles. The summed E-state index contributed by atoms with van der Waals surface area (Å²) in [7, 11) is 2.25. The van der Waals surface area contributed by atoms with Gasteiger partial charge >= 0.3 is 0 Å². The lowest BCUT2D eigenvalue weighted by Crippen LogP contribution is -2.53. The molecule has 2 rings (SSSR count). The molecule has 0 saturated carbocycles. The van der Waals surface area contributed by atoms with E-state index < -0.39 is 0 Å². The monoisotopic (exact) mass is 184 g/mol. The zero-order valence-electron chi connectivity index (χ0n) is 8.46. The van der Waals surface area contributed by atoms with E-state index in [9.17, 15) is 0 Å². The van der Waals surface area contributed by atoms with Crippen LogP contribution in [0.3, 0.4) is 0 Å². The van der Waals surface area contributed by atoms with Crippen molar-refractivity contribution in [3.63, 3.8) is 0 Å². The van der Waals surface area contributed by atoms with Gasteiger partial charge in [0, 0.05) is 38.9 Å². The van der Waals surface area contributed by atoms with Gasteiger partial charge in [0.15, 0.2) is 0 Å². The molecule has 0 aromatic heterocycles. The minimum Gasteiger partial charge on any atom is -0.381 e. The third kappa shape index (κ3) is 2.22. The molecule has 2 saturated heterocycles. The molecule has 3 heteroatoms. The van der Waals surface area contributed by atoms with E-state index in [0.717, 1.165) is 31.7 Å². The average Bonchev–Trinajstić information content (AvgIpc) is 2.20. The predicted octanol–water partition coefficient (Wildman–Crippen LogP) is 0.317. The van der Waals surface area contributed by atoms with Crippen LogP contribution in [0.5, 0.6) is 0 Å². The number of rotatable bonds is 1. The fourth-order valence-electron chi connectivity index (χ4n) is 2.45. The maximum atomic E-state index is 5.39. The molecular weight excluding hydrogens is 164 g/mol. The number of ether oxygens (including phenoxy) is 1. The van der Waals surface area contributed by atoms with Gasteiger partial charge in [-0.3, -0.25) is 0 Å². The first-order chi connectivity index (χ1) is 6.38. The minimum absolute atomic E-state index is 0.748. The van der Waals surface area contributed by atoms with E-state index in [1.54, 1.807) is 0 Å². The van der Waals surface area contributed by atoms with Crippen LogP contribution in [0.2, 0.25) is 0 Å². The summed E-state index contributed by atoms with van der Waals surface area (Å²) in [6.45, 7) is 5.45. The summed E-state index contributed by atoms with van der Waals surface area (Å²) in [5.41, 5.74) is 0. The van der Waals surface area contributed by atoms with Crippen molar-refractivity contribution in [1.82, 2.24) is 10.2 Å². The maximum absolute atomic E-state index is 5.39. The number of hydrogen-bond acceptors (Lipinski definition) is 3. The molecule has 3 nitrogen and oxygen atoms in total. The molecule has 0 radical (unpaired) electrons. The second kappa shape index (κ2) is 4.40. The highest BCUT2D eigenvalue weighted by molar-refractivity contribution is 4.84. The summed E-state index contributed by atoms with van der Waals surface area (Å²) >= 11 is 0. The van der Waals surface area contributed by atoms with E-state index in [1.807, 2.05) is 0 Å². The highest BCUT2D eigenvalue weighted by atomic mass is 16.5. The Morgan fingerprint density at radius 1 is 1.31 bits per heavy atom. The van der Waals surface area contributed by atoms with Crippen LogP contribution in [0.1, 0.15) is 12.8 Å². The Morgan fingerprint density at radius 2 is 2.08 bits per heavy atom. The third-order valence-electron chi connectivity index (χ3n) is 3.37. The lowest BCUT2D eigenvalue weighted by molar-refractivity contribution is 0.0256. The zero-order valence-corrected chi connectivity index (χ0v) is 8.46. The van der Waals surface area contributed by atoms with Crippen molar-refractivity contribution in [2.45, 2.75) is 18.9 Å². The van der Waals surface area contributed by atoms with Gasteiger partial charge in [-0.2, -0.15) is 0 Å². The lowest BCUT2D eigenvalue weighted by Gasteiger charge is -2.40. The first kappa shape index (κ1) is 9.44. The van der Waals surface area contributed by atoms with E-state index in [-0.39, 0.29) is 0 Å². The van der Waals surface area contributed by atoms with Gasteiger partial charge in [-0.15, -0.1) is 0 Å². The van der Waals surface area contributed by atoms with Gasteiger partial charge in [0.25, 0.3) is 0 Å². The fraction of sp³-hybridized carbons (Fsp3) is 1.00. The van der Waals surface area contributed by atoms with Crippen LogP contribution in [-0.4, -0.2) is 50.8 Å². The largest absolute Gasteiger partial charge is 0.381 e. The highest BCUT2D eigenvalue weighted by Crippen LogP contribution is 2.22. The molecule has 0 amide bonds. The van der Waals surface area contributed by atoms with Crippen LogP contribution in [0, 0.1) is 5.92 Å². The topological polar surface area (TPSA) is 24.5 Å². The third-order valence-corrected chi connectivity index (χ3v) is 3.37. The van der Waals surface area contributed by atoms with E-state index in [2.05, 4.69) is 17.3 Å². The summed E-state index contributed by atoms with van der Waals surface area (Å²) in [5, 5.41) is 3.48. The van der Waals surface area contributed by atoms with Crippen molar-refractivity contribution >= 4 is 0 Å². The molecule has 2 heterocycles. The molecule has 2 aliphatic heterocycles. The van der Waals surface area contributed by atoms with Crippen molar-refractivity contribution in [2.75, 3.05) is 39.9 Å². The maximum Gasteiger partial charge on any atom is 0.0469 e. The van der Waals surface area contributed by atoms with Crippen LogP contribution in [0.4, 0.5) is 0 Å². The van der Waals surface area contributed by atoms with Crippen LogP contribution in [0.25, 0.3) is 0 Å². The molecule has 0 bridgehead atoms.